The average Bonchev–Trinajstić information content (AvgIpc) is 2.78. The van der Waals surface area contributed by atoms with Crippen molar-refractivity contribution in [2.45, 2.75) is 46.1 Å². The Labute approximate surface area is 180 Å². The second kappa shape index (κ2) is 8.69. The summed E-state index contributed by atoms with van der Waals surface area (Å²) >= 11 is 0. The van der Waals surface area contributed by atoms with Crippen LogP contribution >= 0.6 is 0 Å². The van der Waals surface area contributed by atoms with E-state index in [2.05, 4.69) is 11.9 Å². The molecule has 31 heavy (non-hydrogen) atoms. The lowest BCUT2D eigenvalue weighted by Gasteiger charge is -2.36. The monoisotopic (exact) mass is 426 g/mol. The smallest absolute Gasteiger partial charge is 0.328 e. The van der Waals surface area contributed by atoms with Gasteiger partial charge in [-0.3, -0.25) is 19.0 Å². The number of amides is 2. The van der Waals surface area contributed by atoms with E-state index in [1.165, 1.54) is 0 Å². The van der Waals surface area contributed by atoms with Crippen LogP contribution in [0.2, 0.25) is 0 Å². The number of aromatic amines is 1. The van der Waals surface area contributed by atoms with Crippen LogP contribution in [0.4, 0.5) is 0 Å². The summed E-state index contributed by atoms with van der Waals surface area (Å²) in [5, 5.41) is 0.387. The summed E-state index contributed by atoms with van der Waals surface area (Å²) in [4.78, 5) is 56.8. The molecule has 4 rings (SSSR count). The highest BCUT2D eigenvalue weighted by Crippen LogP contribution is 2.24. The van der Waals surface area contributed by atoms with Crippen molar-refractivity contribution in [1.82, 2.24) is 19.4 Å². The molecule has 2 aliphatic heterocycles. The van der Waals surface area contributed by atoms with E-state index >= 15 is 0 Å². The van der Waals surface area contributed by atoms with E-state index < -0.39 is 5.69 Å². The summed E-state index contributed by atoms with van der Waals surface area (Å²) in [6.07, 6.45) is 3.47. The summed E-state index contributed by atoms with van der Waals surface area (Å²) in [6, 6.07) is 4.81. The second-order valence-electron chi connectivity index (χ2n) is 8.81. The van der Waals surface area contributed by atoms with E-state index in [4.69, 9.17) is 0 Å². The number of nitrogens with one attached hydrogen (secondary N) is 1. The maximum Gasteiger partial charge on any atom is 0.328 e. The van der Waals surface area contributed by atoms with Crippen LogP contribution < -0.4 is 11.2 Å². The Bertz CT molecular complexity index is 1100. The SMILES string of the molecule is CCn1c(=O)[nH]c2cc(C(=O)N3CCC(C(=O)N4CCC(C)CC4)CC3)ccc2c1=O. The van der Waals surface area contributed by atoms with Crippen LogP contribution in [0.5, 0.6) is 0 Å². The first-order valence-corrected chi connectivity index (χ1v) is 11.2. The van der Waals surface area contributed by atoms with Crippen molar-refractivity contribution in [2.24, 2.45) is 11.8 Å². The topological polar surface area (TPSA) is 95.5 Å². The number of rotatable bonds is 3. The van der Waals surface area contributed by atoms with E-state index in [0.29, 0.717) is 48.3 Å². The number of aromatic nitrogens is 2. The zero-order chi connectivity index (χ0) is 22.1. The van der Waals surface area contributed by atoms with Gasteiger partial charge in [-0.1, -0.05) is 6.92 Å². The summed E-state index contributed by atoms with van der Waals surface area (Å²) in [6.45, 7) is 7.00. The highest BCUT2D eigenvalue weighted by Gasteiger charge is 2.31. The molecule has 2 aliphatic rings. The van der Waals surface area contributed by atoms with Crippen LogP contribution in [0.3, 0.4) is 0 Å². The Balaban J connectivity index is 1.44. The fraction of sp³-hybridized carbons (Fsp3) is 0.565. The minimum absolute atomic E-state index is 0.0158. The van der Waals surface area contributed by atoms with E-state index in [1.54, 1.807) is 30.0 Å². The number of carbonyl (C=O) groups excluding carboxylic acids is 2. The fourth-order valence-corrected chi connectivity index (χ4v) is 4.67. The van der Waals surface area contributed by atoms with Gasteiger partial charge < -0.3 is 14.8 Å². The predicted octanol–water partition coefficient (Wildman–Crippen LogP) is 1.82. The third-order valence-electron chi connectivity index (χ3n) is 6.77. The Kier molecular flexibility index (Phi) is 5.98. The minimum atomic E-state index is -0.476. The van der Waals surface area contributed by atoms with E-state index in [0.717, 1.165) is 30.5 Å². The van der Waals surface area contributed by atoms with Gasteiger partial charge in [-0.2, -0.15) is 0 Å². The standard InChI is InChI=1S/C23H30N4O4/c1-3-27-22(30)18-5-4-17(14-19(18)24-23(27)31)21(29)26-12-8-16(9-13-26)20(28)25-10-6-15(2)7-11-25/h4-5,14-16H,3,6-13H2,1-2H3,(H,24,31). The van der Waals surface area contributed by atoms with Gasteiger partial charge in [0.15, 0.2) is 0 Å². The molecule has 2 fully saturated rings. The van der Waals surface area contributed by atoms with Crippen LogP contribution in [-0.2, 0) is 11.3 Å². The average molecular weight is 427 g/mol. The number of piperidine rings is 2. The fourth-order valence-electron chi connectivity index (χ4n) is 4.67. The van der Waals surface area contributed by atoms with Gasteiger partial charge in [0, 0.05) is 44.2 Å². The van der Waals surface area contributed by atoms with Gasteiger partial charge in [-0.15, -0.1) is 0 Å². The molecule has 0 aliphatic carbocycles. The number of benzene rings is 1. The molecule has 166 valence electrons. The summed E-state index contributed by atoms with van der Waals surface area (Å²) in [5.41, 5.74) is -0.0238. The molecule has 1 N–H and O–H groups in total. The normalized spacial score (nSPS) is 18.5. The third-order valence-corrected chi connectivity index (χ3v) is 6.77. The summed E-state index contributed by atoms with van der Waals surface area (Å²) in [7, 11) is 0. The van der Waals surface area contributed by atoms with Gasteiger partial charge in [0.05, 0.1) is 10.9 Å². The largest absolute Gasteiger partial charge is 0.342 e. The first-order chi connectivity index (χ1) is 14.9. The molecule has 0 bridgehead atoms. The molecule has 3 heterocycles. The molecule has 0 saturated carbocycles. The van der Waals surface area contributed by atoms with Crippen molar-refractivity contribution in [2.75, 3.05) is 26.2 Å². The van der Waals surface area contributed by atoms with Crippen LogP contribution in [0, 0.1) is 11.8 Å². The lowest BCUT2D eigenvalue weighted by atomic mass is 9.92. The van der Waals surface area contributed by atoms with Gasteiger partial charge in [-0.05, 0) is 56.7 Å². The molecule has 8 heteroatoms. The molecule has 8 nitrogen and oxygen atoms in total. The molecule has 0 unspecified atom stereocenters. The molecule has 2 amide bonds. The molecule has 0 radical (unpaired) electrons. The van der Waals surface area contributed by atoms with Crippen LogP contribution in [0.25, 0.3) is 10.9 Å². The second-order valence-corrected chi connectivity index (χ2v) is 8.81. The Morgan fingerprint density at radius 1 is 1.00 bits per heavy atom. The van der Waals surface area contributed by atoms with Crippen molar-refractivity contribution >= 4 is 22.7 Å². The molecule has 2 aromatic rings. The van der Waals surface area contributed by atoms with Gasteiger partial charge in [0.2, 0.25) is 5.91 Å². The summed E-state index contributed by atoms with van der Waals surface area (Å²) < 4.78 is 1.13. The molecule has 1 aromatic heterocycles. The number of nitrogens with zero attached hydrogens (tertiary/aromatic N) is 3. The molecule has 0 atom stereocenters. The number of carbonyl (C=O) groups is 2. The molecule has 0 spiro atoms. The molecule has 1 aromatic carbocycles. The lowest BCUT2D eigenvalue weighted by molar-refractivity contribution is -0.138. The van der Waals surface area contributed by atoms with Crippen molar-refractivity contribution in [3.05, 3.63) is 44.6 Å². The van der Waals surface area contributed by atoms with Crippen molar-refractivity contribution in [1.29, 1.82) is 0 Å². The molecule has 2 saturated heterocycles. The van der Waals surface area contributed by atoms with Crippen molar-refractivity contribution < 1.29 is 9.59 Å². The van der Waals surface area contributed by atoms with Crippen LogP contribution in [0.15, 0.2) is 27.8 Å². The number of H-pyrrole nitrogens is 1. The van der Waals surface area contributed by atoms with E-state index in [-0.39, 0.29) is 29.8 Å². The van der Waals surface area contributed by atoms with Crippen LogP contribution in [-0.4, -0.2) is 57.3 Å². The maximum atomic E-state index is 13.0. The quantitative estimate of drug-likeness (QED) is 0.810. The van der Waals surface area contributed by atoms with Crippen molar-refractivity contribution in [3.8, 4) is 0 Å². The number of hydrogen-bond donors (Lipinski definition) is 1. The number of fused-ring (bicyclic) bond motifs is 1. The van der Waals surface area contributed by atoms with E-state index in [9.17, 15) is 19.2 Å². The number of hydrogen-bond acceptors (Lipinski definition) is 4. The van der Waals surface area contributed by atoms with Crippen molar-refractivity contribution in [3.63, 3.8) is 0 Å². The first kappa shape index (κ1) is 21.3. The predicted molar refractivity (Wildman–Crippen MR) is 118 cm³/mol. The van der Waals surface area contributed by atoms with Gasteiger partial charge in [0.1, 0.15) is 0 Å². The maximum absolute atomic E-state index is 13.0. The summed E-state index contributed by atoms with van der Waals surface area (Å²) in [5.74, 6) is 0.762. The minimum Gasteiger partial charge on any atom is -0.342 e. The van der Waals surface area contributed by atoms with Gasteiger partial charge in [-0.25, -0.2) is 4.79 Å². The third kappa shape index (κ3) is 4.16. The van der Waals surface area contributed by atoms with E-state index in [1.807, 2.05) is 4.90 Å². The first-order valence-electron chi connectivity index (χ1n) is 11.2. The Morgan fingerprint density at radius 2 is 1.65 bits per heavy atom. The lowest BCUT2D eigenvalue weighted by Crippen LogP contribution is -2.46. The molecular formula is C23H30N4O4. The Hall–Kier alpha value is -2.90. The molecular weight excluding hydrogens is 396 g/mol. The van der Waals surface area contributed by atoms with Gasteiger partial charge >= 0.3 is 5.69 Å². The van der Waals surface area contributed by atoms with Crippen LogP contribution in [0.1, 0.15) is 49.9 Å². The zero-order valence-corrected chi connectivity index (χ0v) is 18.2. The van der Waals surface area contributed by atoms with Gasteiger partial charge in [0.25, 0.3) is 11.5 Å². The highest BCUT2D eigenvalue weighted by molar-refractivity contribution is 5.97. The highest BCUT2D eigenvalue weighted by atomic mass is 16.2. The zero-order valence-electron chi connectivity index (χ0n) is 18.2. The number of likely N-dealkylation sites (tertiary alicyclic amines) is 2. The Morgan fingerprint density at radius 3 is 2.29 bits per heavy atom.